The Hall–Kier alpha value is -2.34. The molecule has 102 valence electrons. The lowest BCUT2D eigenvalue weighted by Crippen LogP contribution is -1.94. The molecule has 3 rings (SSSR count). The van der Waals surface area contributed by atoms with E-state index in [-0.39, 0.29) is 0 Å². The highest BCUT2D eigenvalue weighted by molar-refractivity contribution is 7.15. The van der Waals surface area contributed by atoms with Gasteiger partial charge in [0.15, 0.2) is 22.7 Å². The summed E-state index contributed by atoms with van der Waals surface area (Å²) in [6, 6.07) is 5.65. The Labute approximate surface area is 119 Å². The van der Waals surface area contributed by atoms with Gasteiger partial charge in [-0.3, -0.25) is 9.20 Å². The van der Waals surface area contributed by atoms with Crippen molar-refractivity contribution in [3.05, 3.63) is 35.5 Å². The number of carbonyl (C=O) groups is 1. The third-order valence-corrected chi connectivity index (χ3v) is 3.91. The van der Waals surface area contributed by atoms with E-state index in [2.05, 4.69) is 4.98 Å². The largest absolute Gasteiger partial charge is 0.493 e. The van der Waals surface area contributed by atoms with E-state index in [1.807, 2.05) is 28.0 Å². The van der Waals surface area contributed by atoms with Crippen molar-refractivity contribution in [1.29, 1.82) is 0 Å². The molecule has 2 heterocycles. The lowest BCUT2D eigenvalue weighted by atomic mass is 10.1. The van der Waals surface area contributed by atoms with Gasteiger partial charge < -0.3 is 9.47 Å². The molecule has 3 aromatic rings. The number of imidazole rings is 1. The van der Waals surface area contributed by atoms with Gasteiger partial charge in [0.1, 0.15) is 5.69 Å². The fraction of sp³-hybridized carbons (Fsp3) is 0.143. The number of aldehydes is 1. The summed E-state index contributed by atoms with van der Waals surface area (Å²) < 4.78 is 12.4. The Morgan fingerprint density at radius 2 is 2.05 bits per heavy atom. The Balaban J connectivity index is 2.20. The number of carbonyl (C=O) groups excluding carboxylic acids is 1. The first kappa shape index (κ1) is 12.7. The zero-order chi connectivity index (χ0) is 14.1. The smallest absolute Gasteiger partial charge is 0.194 e. The zero-order valence-electron chi connectivity index (χ0n) is 11.0. The highest BCUT2D eigenvalue weighted by atomic mass is 32.1. The summed E-state index contributed by atoms with van der Waals surface area (Å²) in [5.41, 5.74) is 2.38. The number of fused-ring (bicyclic) bond motifs is 1. The summed E-state index contributed by atoms with van der Waals surface area (Å²) in [5, 5.41) is 1.97. The number of rotatable bonds is 4. The first-order valence-electron chi connectivity index (χ1n) is 5.91. The fourth-order valence-corrected chi connectivity index (χ4v) is 2.99. The third-order valence-electron chi connectivity index (χ3n) is 3.07. The van der Waals surface area contributed by atoms with Crippen LogP contribution in [0.25, 0.3) is 16.2 Å². The average molecular weight is 288 g/mol. The summed E-state index contributed by atoms with van der Waals surface area (Å²) in [6.45, 7) is 0. The average Bonchev–Trinajstić information content (AvgIpc) is 3.07. The molecule has 1 aromatic carbocycles. The number of aromatic nitrogens is 2. The van der Waals surface area contributed by atoms with E-state index in [4.69, 9.17) is 9.47 Å². The van der Waals surface area contributed by atoms with Crippen LogP contribution in [0.15, 0.2) is 29.8 Å². The molecule has 0 spiro atoms. The van der Waals surface area contributed by atoms with E-state index in [0.29, 0.717) is 17.2 Å². The van der Waals surface area contributed by atoms with E-state index >= 15 is 0 Å². The van der Waals surface area contributed by atoms with Crippen LogP contribution < -0.4 is 9.47 Å². The van der Waals surface area contributed by atoms with Gasteiger partial charge >= 0.3 is 0 Å². The van der Waals surface area contributed by atoms with E-state index in [9.17, 15) is 4.79 Å². The highest BCUT2D eigenvalue weighted by Gasteiger charge is 2.13. The van der Waals surface area contributed by atoms with Crippen molar-refractivity contribution < 1.29 is 14.3 Å². The van der Waals surface area contributed by atoms with E-state index in [1.165, 1.54) is 11.3 Å². The van der Waals surface area contributed by atoms with E-state index in [0.717, 1.165) is 22.5 Å². The monoisotopic (exact) mass is 288 g/mol. The summed E-state index contributed by atoms with van der Waals surface area (Å²) in [5.74, 6) is 1.32. The van der Waals surface area contributed by atoms with Gasteiger partial charge in [-0.2, -0.15) is 0 Å². The summed E-state index contributed by atoms with van der Waals surface area (Å²) in [7, 11) is 3.19. The normalized spacial score (nSPS) is 10.7. The molecule has 2 aromatic heterocycles. The molecular weight excluding hydrogens is 276 g/mol. The van der Waals surface area contributed by atoms with E-state index < -0.39 is 0 Å². The minimum atomic E-state index is 0.533. The molecular formula is C14H12N2O3S. The van der Waals surface area contributed by atoms with Gasteiger partial charge in [0.2, 0.25) is 0 Å². The number of hydrogen-bond donors (Lipinski definition) is 0. The molecule has 0 aliphatic rings. The van der Waals surface area contributed by atoms with Gasteiger partial charge in [-0.1, -0.05) is 0 Å². The van der Waals surface area contributed by atoms with Crippen LogP contribution in [0.5, 0.6) is 11.5 Å². The SMILES string of the molecule is COc1ccc(-c2csc3ncc(C=O)n23)cc1OC. The minimum Gasteiger partial charge on any atom is -0.493 e. The molecule has 0 radical (unpaired) electrons. The number of ether oxygens (including phenoxy) is 2. The van der Waals surface area contributed by atoms with Crippen LogP contribution in [0.4, 0.5) is 0 Å². The van der Waals surface area contributed by atoms with Crippen molar-refractivity contribution in [1.82, 2.24) is 9.38 Å². The summed E-state index contributed by atoms with van der Waals surface area (Å²) in [6.07, 6.45) is 2.38. The van der Waals surface area contributed by atoms with Crippen molar-refractivity contribution in [3.8, 4) is 22.8 Å². The van der Waals surface area contributed by atoms with Gasteiger partial charge in [-0.05, 0) is 18.2 Å². The van der Waals surface area contributed by atoms with Crippen LogP contribution in [-0.2, 0) is 0 Å². The lowest BCUT2D eigenvalue weighted by Gasteiger charge is -2.09. The van der Waals surface area contributed by atoms with Crippen molar-refractivity contribution in [2.45, 2.75) is 0 Å². The van der Waals surface area contributed by atoms with Gasteiger partial charge in [0.05, 0.1) is 26.1 Å². The van der Waals surface area contributed by atoms with Crippen molar-refractivity contribution in [2.75, 3.05) is 14.2 Å². The molecule has 6 heteroatoms. The predicted molar refractivity (Wildman–Crippen MR) is 77.0 cm³/mol. The molecule has 0 saturated heterocycles. The maximum absolute atomic E-state index is 11.1. The van der Waals surface area contributed by atoms with Gasteiger partial charge in [0, 0.05) is 10.9 Å². The topological polar surface area (TPSA) is 52.8 Å². The number of methoxy groups -OCH3 is 2. The lowest BCUT2D eigenvalue weighted by molar-refractivity contribution is 0.111. The van der Waals surface area contributed by atoms with E-state index in [1.54, 1.807) is 20.4 Å². The Bertz CT molecular complexity index is 776. The first-order chi connectivity index (χ1) is 9.78. The van der Waals surface area contributed by atoms with Gasteiger partial charge in [0.25, 0.3) is 0 Å². The van der Waals surface area contributed by atoms with Crippen LogP contribution in [0.1, 0.15) is 10.5 Å². The second kappa shape index (κ2) is 4.97. The summed E-state index contributed by atoms with van der Waals surface area (Å²) >= 11 is 1.49. The van der Waals surface area contributed by atoms with Crippen molar-refractivity contribution in [3.63, 3.8) is 0 Å². The Morgan fingerprint density at radius 1 is 1.25 bits per heavy atom. The molecule has 0 atom stereocenters. The molecule has 0 amide bonds. The van der Waals surface area contributed by atoms with Crippen LogP contribution in [0.3, 0.4) is 0 Å². The quantitative estimate of drug-likeness (QED) is 0.693. The molecule has 0 bridgehead atoms. The second-order valence-corrected chi connectivity index (χ2v) is 4.95. The minimum absolute atomic E-state index is 0.533. The van der Waals surface area contributed by atoms with Crippen LogP contribution in [0.2, 0.25) is 0 Å². The Morgan fingerprint density at radius 3 is 2.75 bits per heavy atom. The molecule has 0 aliphatic carbocycles. The molecule has 0 aliphatic heterocycles. The first-order valence-corrected chi connectivity index (χ1v) is 6.79. The number of benzene rings is 1. The fourth-order valence-electron chi connectivity index (χ4n) is 2.11. The van der Waals surface area contributed by atoms with Gasteiger partial charge in [-0.15, -0.1) is 11.3 Å². The maximum Gasteiger partial charge on any atom is 0.194 e. The highest BCUT2D eigenvalue weighted by Crippen LogP contribution is 2.34. The van der Waals surface area contributed by atoms with Crippen LogP contribution >= 0.6 is 11.3 Å². The standard InChI is InChI=1S/C14H12N2O3S/c1-18-12-4-3-9(5-13(12)19-2)11-8-20-14-15-6-10(7-17)16(11)14/h3-8H,1-2H3. The maximum atomic E-state index is 11.1. The number of nitrogens with zero attached hydrogens (tertiary/aromatic N) is 2. The molecule has 0 N–H and O–H groups in total. The van der Waals surface area contributed by atoms with Crippen molar-refractivity contribution in [2.24, 2.45) is 0 Å². The predicted octanol–water partition coefficient (Wildman–Crippen LogP) is 2.89. The number of hydrogen-bond acceptors (Lipinski definition) is 5. The van der Waals surface area contributed by atoms with Crippen LogP contribution in [0, 0.1) is 0 Å². The molecule has 0 saturated carbocycles. The van der Waals surface area contributed by atoms with Gasteiger partial charge in [-0.25, -0.2) is 4.98 Å². The summed E-state index contributed by atoms with van der Waals surface area (Å²) in [4.78, 5) is 16.1. The van der Waals surface area contributed by atoms with Crippen molar-refractivity contribution >= 4 is 22.6 Å². The molecule has 20 heavy (non-hydrogen) atoms. The third kappa shape index (κ3) is 1.85. The molecule has 5 nitrogen and oxygen atoms in total. The second-order valence-electron chi connectivity index (χ2n) is 4.11. The number of thiazole rings is 1. The zero-order valence-corrected chi connectivity index (χ0v) is 11.8. The molecule has 0 unspecified atom stereocenters. The molecule has 0 fully saturated rings. The Kier molecular flexibility index (Phi) is 3.15. The van der Waals surface area contributed by atoms with Crippen LogP contribution in [-0.4, -0.2) is 29.9 Å².